The Labute approximate surface area is 187 Å². The fourth-order valence-electron chi connectivity index (χ4n) is 3.65. The monoisotopic (exact) mass is 437 g/mol. The Hall–Kier alpha value is -2.81. The molecule has 0 saturated carbocycles. The van der Waals surface area contributed by atoms with Crippen molar-refractivity contribution < 1.29 is 9.21 Å². The zero-order chi connectivity index (χ0) is 21.8. The van der Waals surface area contributed by atoms with E-state index >= 15 is 0 Å². The molecule has 1 aromatic heterocycles. The highest BCUT2D eigenvalue weighted by atomic mass is 32.1. The molecule has 162 valence electrons. The predicted molar refractivity (Wildman–Crippen MR) is 123 cm³/mol. The third-order valence-corrected chi connectivity index (χ3v) is 5.97. The van der Waals surface area contributed by atoms with Gasteiger partial charge in [0.15, 0.2) is 0 Å². The lowest BCUT2D eigenvalue weighted by Crippen LogP contribution is -2.49. The van der Waals surface area contributed by atoms with E-state index < -0.39 is 0 Å². The first-order valence-electron chi connectivity index (χ1n) is 10.4. The van der Waals surface area contributed by atoms with Gasteiger partial charge in [-0.05, 0) is 55.4 Å². The first kappa shape index (κ1) is 21.4. The van der Waals surface area contributed by atoms with Crippen molar-refractivity contribution in [3.05, 3.63) is 64.5 Å². The number of nitrogens with zero attached hydrogens (tertiary/aromatic N) is 4. The maximum absolute atomic E-state index is 12.5. The van der Waals surface area contributed by atoms with Crippen LogP contribution in [0.4, 0.5) is 5.69 Å². The van der Waals surface area contributed by atoms with E-state index in [1.54, 1.807) is 4.68 Å². The average Bonchev–Trinajstić information content (AvgIpc) is 3.14. The summed E-state index contributed by atoms with van der Waals surface area (Å²) in [4.78, 5) is 17.3. The molecule has 7 nitrogen and oxygen atoms in total. The standard InChI is InChI=1S/C23H27N5O2S/c1-17-7-6-10-20(18(17)2)24-21(29)15-26-11-13-27(14-12-26)16-28-23(31)30-22(25-28)19-8-4-3-5-9-19/h3-10H,11-16H2,1-2H3,(H,24,29). The molecular weight excluding hydrogens is 410 g/mol. The zero-order valence-electron chi connectivity index (χ0n) is 17.9. The molecule has 0 radical (unpaired) electrons. The van der Waals surface area contributed by atoms with Crippen molar-refractivity contribution in [3.8, 4) is 11.5 Å². The highest BCUT2D eigenvalue weighted by molar-refractivity contribution is 7.71. The summed E-state index contributed by atoms with van der Waals surface area (Å²) in [6, 6.07) is 15.7. The van der Waals surface area contributed by atoms with Crippen molar-refractivity contribution in [3.63, 3.8) is 0 Å². The fourth-order valence-corrected chi connectivity index (χ4v) is 3.83. The van der Waals surface area contributed by atoms with Gasteiger partial charge >= 0.3 is 0 Å². The molecule has 1 saturated heterocycles. The Kier molecular flexibility index (Phi) is 6.60. The van der Waals surface area contributed by atoms with E-state index in [1.807, 2.05) is 62.4 Å². The Morgan fingerprint density at radius 1 is 1.03 bits per heavy atom. The van der Waals surface area contributed by atoms with Crippen LogP contribution in [0.3, 0.4) is 0 Å². The number of carbonyl (C=O) groups is 1. The maximum Gasteiger partial charge on any atom is 0.288 e. The molecule has 1 aliphatic rings. The summed E-state index contributed by atoms with van der Waals surface area (Å²) in [5.74, 6) is 0.556. The van der Waals surface area contributed by atoms with Crippen LogP contribution in [0.5, 0.6) is 0 Å². The Morgan fingerprint density at radius 2 is 1.74 bits per heavy atom. The minimum absolute atomic E-state index is 0.0216. The second kappa shape index (κ2) is 9.55. The summed E-state index contributed by atoms with van der Waals surface area (Å²) >= 11 is 5.35. The van der Waals surface area contributed by atoms with E-state index in [4.69, 9.17) is 16.6 Å². The number of nitrogens with one attached hydrogen (secondary N) is 1. The molecule has 2 aromatic carbocycles. The third kappa shape index (κ3) is 5.28. The minimum atomic E-state index is 0.0216. The molecule has 1 N–H and O–H groups in total. The van der Waals surface area contributed by atoms with Gasteiger partial charge in [-0.15, -0.1) is 5.10 Å². The van der Waals surface area contributed by atoms with Gasteiger partial charge in [-0.2, -0.15) is 0 Å². The summed E-state index contributed by atoms with van der Waals surface area (Å²) in [6.45, 7) is 8.36. The van der Waals surface area contributed by atoms with E-state index in [2.05, 4.69) is 20.2 Å². The zero-order valence-corrected chi connectivity index (χ0v) is 18.7. The lowest BCUT2D eigenvalue weighted by Gasteiger charge is -2.33. The van der Waals surface area contributed by atoms with Crippen molar-refractivity contribution >= 4 is 23.8 Å². The number of anilines is 1. The van der Waals surface area contributed by atoms with Crippen molar-refractivity contribution in [1.29, 1.82) is 0 Å². The number of rotatable bonds is 6. The van der Waals surface area contributed by atoms with Crippen molar-refractivity contribution in [1.82, 2.24) is 19.6 Å². The first-order chi connectivity index (χ1) is 15.0. The molecule has 1 aliphatic heterocycles. The maximum atomic E-state index is 12.5. The number of aryl methyl sites for hydroxylation is 1. The van der Waals surface area contributed by atoms with E-state index in [1.165, 1.54) is 5.56 Å². The van der Waals surface area contributed by atoms with E-state index in [9.17, 15) is 4.79 Å². The van der Waals surface area contributed by atoms with Crippen LogP contribution in [0.2, 0.25) is 0 Å². The second-order valence-electron chi connectivity index (χ2n) is 7.87. The predicted octanol–water partition coefficient (Wildman–Crippen LogP) is 3.70. The fraction of sp³-hybridized carbons (Fsp3) is 0.348. The summed E-state index contributed by atoms with van der Waals surface area (Å²) in [5.41, 5.74) is 4.08. The first-order valence-corrected chi connectivity index (χ1v) is 10.8. The second-order valence-corrected chi connectivity index (χ2v) is 8.22. The van der Waals surface area contributed by atoms with E-state index in [0.717, 1.165) is 43.0 Å². The Balaban J connectivity index is 1.28. The number of benzene rings is 2. The van der Waals surface area contributed by atoms with E-state index in [-0.39, 0.29) is 5.91 Å². The molecule has 8 heteroatoms. The van der Waals surface area contributed by atoms with Gasteiger partial charge in [0.1, 0.15) is 0 Å². The van der Waals surface area contributed by atoms with Crippen molar-refractivity contribution in [2.45, 2.75) is 20.5 Å². The Morgan fingerprint density at radius 3 is 2.48 bits per heavy atom. The molecule has 0 spiro atoms. The molecule has 31 heavy (non-hydrogen) atoms. The minimum Gasteiger partial charge on any atom is -0.409 e. The molecule has 0 bridgehead atoms. The van der Waals surface area contributed by atoms with Gasteiger partial charge in [0, 0.05) is 37.4 Å². The van der Waals surface area contributed by atoms with Crippen molar-refractivity contribution in [2.75, 3.05) is 38.0 Å². The number of aromatic nitrogens is 2. The highest BCUT2D eigenvalue weighted by Crippen LogP contribution is 2.19. The summed E-state index contributed by atoms with van der Waals surface area (Å²) in [6.07, 6.45) is 0. The summed E-state index contributed by atoms with van der Waals surface area (Å²) in [7, 11) is 0. The van der Waals surface area contributed by atoms with Crippen molar-refractivity contribution in [2.24, 2.45) is 0 Å². The van der Waals surface area contributed by atoms with Gasteiger partial charge in [-0.25, -0.2) is 4.68 Å². The normalized spacial score (nSPS) is 15.2. The molecular formula is C23H27N5O2S. The molecule has 0 atom stereocenters. The third-order valence-electron chi connectivity index (χ3n) is 5.67. The Bertz CT molecular complexity index is 1100. The number of carbonyl (C=O) groups excluding carboxylic acids is 1. The number of piperazine rings is 1. The number of hydrogen-bond donors (Lipinski definition) is 1. The quantitative estimate of drug-likeness (QED) is 0.593. The number of amides is 1. The van der Waals surface area contributed by atoms with Crippen LogP contribution in [-0.2, 0) is 11.5 Å². The molecule has 3 aromatic rings. The molecule has 2 heterocycles. The van der Waals surface area contributed by atoms with Crippen LogP contribution < -0.4 is 5.32 Å². The topological polar surface area (TPSA) is 66.5 Å². The van der Waals surface area contributed by atoms with Crippen LogP contribution in [0.15, 0.2) is 52.9 Å². The van der Waals surface area contributed by atoms with Crippen LogP contribution in [0.25, 0.3) is 11.5 Å². The molecule has 0 aliphatic carbocycles. The van der Waals surface area contributed by atoms with Crippen LogP contribution in [0.1, 0.15) is 11.1 Å². The summed E-state index contributed by atoms with van der Waals surface area (Å²) < 4.78 is 7.39. The molecule has 1 fully saturated rings. The van der Waals surface area contributed by atoms with Gasteiger partial charge in [0.05, 0.1) is 13.2 Å². The lowest BCUT2D eigenvalue weighted by molar-refractivity contribution is -0.117. The average molecular weight is 438 g/mol. The molecule has 1 amide bonds. The van der Waals surface area contributed by atoms with E-state index in [0.29, 0.717) is 23.9 Å². The largest absolute Gasteiger partial charge is 0.409 e. The number of hydrogen-bond acceptors (Lipinski definition) is 6. The van der Waals surface area contributed by atoms with Gasteiger partial charge in [-0.1, -0.05) is 30.3 Å². The smallest absolute Gasteiger partial charge is 0.288 e. The van der Waals surface area contributed by atoms with Crippen LogP contribution in [-0.4, -0.2) is 58.2 Å². The highest BCUT2D eigenvalue weighted by Gasteiger charge is 2.20. The molecule has 4 rings (SSSR count). The SMILES string of the molecule is Cc1cccc(NC(=O)CN2CCN(Cn3nc(-c4ccccc4)oc3=S)CC2)c1C. The lowest BCUT2D eigenvalue weighted by atomic mass is 10.1. The van der Waals surface area contributed by atoms with Gasteiger partial charge in [-0.3, -0.25) is 14.6 Å². The molecule has 0 unspecified atom stereocenters. The van der Waals surface area contributed by atoms with Gasteiger partial charge in [0.2, 0.25) is 11.8 Å². The van der Waals surface area contributed by atoms with Crippen LogP contribution in [0, 0.1) is 18.7 Å². The summed E-state index contributed by atoms with van der Waals surface area (Å²) in [5, 5.41) is 7.57. The van der Waals surface area contributed by atoms with Crippen LogP contribution >= 0.6 is 12.2 Å². The van der Waals surface area contributed by atoms with Gasteiger partial charge in [0.25, 0.3) is 4.84 Å². The van der Waals surface area contributed by atoms with Gasteiger partial charge < -0.3 is 9.73 Å².